The maximum absolute atomic E-state index is 13.6. The average Bonchev–Trinajstić information content (AvgIpc) is 3.15. The molecule has 1 amide bonds. The van der Waals surface area contributed by atoms with Crippen LogP contribution in [0.2, 0.25) is 0 Å². The van der Waals surface area contributed by atoms with E-state index in [9.17, 15) is 9.18 Å². The van der Waals surface area contributed by atoms with Gasteiger partial charge in [-0.2, -0.15) is 0 Å². The molecule has 162 valence electrons. The molecule has 2 aromatic carbocycles. The number of amides is 1. The zero-order chi connectivity index (χ0) is 21.7. The van der Waals surface area contributed by atoms with Gasteiger partial charge in [0.1, 0.15) is 23.8 Å². The molecule has 0 radical (unpaired) electrons. The number of benzene rings is 2. The molecule has 0 heterocycles. The fraction of sp³-hybridized carbons (Fsp3) is 0.480. The van der Waals surface area contributed by atoms with Gasteiger partial charge in [0.05, 0.1) is 12.1 Å². The van der Waals surface area contributed by atoms with Crippen molar-refractivity contribution in [3.8, 4) is 11.5 Å². The summed E-state index contributed by atoms with van der Waals surface area (Å²) >= 11 is 0. The summed E-state index contributed by atoms with van der Waals surface area (Å²) in [6.45, 7) is 6.56. The Balaban J connectivity index is 1.51. The fourth-order valence-electron chi connectivity index (χ4n) is 3.86. The van der Waals surface area contributed by atoms with E-state index in [1.54, 1.807) is 0 Å². The van der Waals surface area contributed by atoms with Crippen LogP contribution >= 0.6 is 0 Å². The Labute approximate surface area is 178 Å². The Bertz CT molecular complexity index is 827. The van der Waals surface area contributed by atoms with Gasteiger partial charge in [0.15, 0.2) is 0 Å². The van der Waals surface area contributed by atoms with Crippen LogP contribution in [0.3, 0.4) is 0 Å². The number of halogens is 1. The summed E-state index contributed by atoms with van der Waals surface area (Å²) in [5, 5.41) is 2.89. The second kappa shape index (κ2) is 9.50. The number of carbonyl (C=O) groups is 1. The molecule has 0 aliphatic heterocycles. The van der Waals surface area contributed by atoms with E-state index in [4.69, 9.17) is 9.47 Å². The summed E-state index contributed by atoms with van der Waals surface area (Å²) in [4.78, 5) is 11.2. The number of hydrogen-bond acceptors (Lipinski definition) is 3. The van der Waals surface area contributed by atoms with Crippen LogP contribution in [0.1, 0.15) is 70.0 Å². The average molecular weight is 414 g/mol. The molecule has 0 bridgehead atoms. The molecule has 4 nitrogen and oxygen atoms in total. The molecule has 0 saturated heterocycles. The number of alkyl halides is 1. The van der Waals surface area contributed by atoms with Crippen molar-refractivity contribution in [2.24, 2.45) is 0 Å². The van der Waals surface area contributed by atoms with Crippen LogP contribution in [0.15, 0.2) is 48.5 Å². The van der Waals surface area contributed by atoms with Crippen LogP contribution in [0.25, 0.3) is 0 Å². The van der Waals surface area contributed by atoms with Crippen molar-refractivity contribution >= 4 is 5.91 Å². The van der Waals surface area contributed by atoms with Gasteiger partial charge < -0.3 is 14.8 Å². The zero-order valence-corrected chi connectivity index (χ0v) is 18.3. The minimum Gasteiger partial charge on any atom is -0.490 e. The third kappa shape index (κ3) is 6.48. The van der Waals surface area contributed by atoms with Gasteiger partial charge in [-0.15, -0.1) is 0 Å². The topological polar surface area (TPSA) is 47.6 Å². The lowest BCUT2D eigenvalue weighted by Crippen LogP contribution is -2.23. The molecule has 1 aliphatic rings. The number of rotatable bonds is 8. The van der Waals surface area contributed by atoms with Crippen molar-refractivity contribution in [1.29, 1.82) is 0 Å². The second-order valence-electron chi connectivity index (χ2n) is 8.82. The molecule has 3 atom stereocenters. The van der Waals surface area contributed by atoms with Crippen LogP contribution < -0.4 is 14.8 Å². The number of carbonyl (C=O) groups excluding carboxylic acids is 1. The standard InChI is InChI=1S/C25H32FNO3/c1-17(27-18(2)28)19-5-12-23(13-6-19)30-24-14-9-21(15-24)20-7-10-22(11-8-20)29-16-25(3,4)26/h5-8,10-13,17,21,24H,9,14-16H2,1-4H3,(H,27,28). The van der Waals surface area contributed by atoms with Gasteiger partial charge >= 0.3 is 0 Å². The van der Waals surface area contributed by atoms with Gasteiger partial charge in [0.25, 0.3) is 0 Å². The zero-order valence-electron chi connectivity index (χ0n) is 18.3. The first kappa shape index (κ1) is 22.1. The van der Waals surface area contributed by atoms with E-state index in [1.807, 2.05) is 43.3 Å². The second-order valence-corrected chi connectivity index (χ2v) is 8.82. The maximum atomic E-state index is 13.6. The van der Waals surface area contributed by atoms with Crippen molar-refractivity contribution < 1.29 is 18.7 Å². The SMILES string of the molecule is CC(=O)NC(C)c1ccc(OC2CCC(c3ccc(OCC(C)(C)F)cc3)C2)cc1. The summed E-state index contributed by atoms with van der Waals surface area (Å²) in [7, 11) is 0. The van der Waals surface area contributed by atoms with E-state index in [-0.39, 0.29) is 24.7 Å². The normalized spacial score (nSPS) is 19.9. The Morgan fingerprint density at radius 2 is 1.73 bits per heavy atom. The summed E-state index contributed by atoms with van der Waals surface area (Å²) in [5.41, 5.74) is 0.988. The molecule has 1 N–H and O–H groups in total. The summed E-state index contributed by atoms with van der Waals surface area (Å²) in [5.74, 6) is 1.98. The molecule has 1 saturated carbocycles. The lowest BCUT2D eigenvalue weighted by Gasteiger charge is -2.17. The van der Waals surface area contributed by atoms with Gasteiger partial charge in [-0.05, 0) is 81.3 Å². The van der Waals surface area contributed by atoms with Gasteiger partial charge in [0.2, 0.25) is 5.91 Å². The highest BCUT2D eigenvalue weighted by atomic mass is 19.1. The highest BCUT2D eigenvalue weighted by Crippen LogP contribution is 2.37. The van der Waals surface area contributed by atoms with E-state index < -0.39 is 5.67 Å². The third-order valence-corrected chi connectivity index (χ3v) is 5.42. The van der Waals surface area contributed by atoms with E-state index >= 15 is 0 Å². The fourth-order valence-corrected chi connectivity index (χ4v) is 3.86. The Hall–Kier alpha value is -2.56. The van der Waals surface area contributed by atoms with E-state index in [2.05, 4.69) is 17.4 Å². The third-order valence-electron chi connectivity index (χ3n) is 5.42. The van der Waals surface area contributed by atoms with Crippen molar-refractivity contribution in [3.63, 3.8) is 0 Å². The van der Waals surface area contributed by atoms with Crippen LogP contribution in [0.5, 0.6) is 11.5 Å². The molecule has 3 unspecified atom stereocenters. The van der Waals surface area contributed by atoms with Crippen LogP contribution in [-0.2, 0) is 4.79 Å². The molecule has 30 heavy (non-hydrogen) atoms. The molecule has 0 aromatic heterocycles. The lowest BCUT2D eigenvalue weighted by molar-refractivity contribution is -0.119. The number of hydrogen-bond donors (Lipinski definition) is 1. The number of nitrogens with one attached hydrogen (secondary N) is 1. The molecular formula is C25H32FNO3. The van der Waals surface area contributed by atoms with E-state index in [0.29, 0.717) is 11.7 Å². The monoisotopic (exact) mass is 413 g/mol. The molecule has 0 spiro atoms. The summed E-state index contributed by atoms with van der Waals surface area (Å²) in [6, 6.07) is 15.9. The molecule has 3 rings (SSSR count). The van der Waals surface area contributed by atoms with Gasteiger partial charge in [-0.3, -0.25) is 4.79 Å². The van der Waals surface area contributed by atoms with Crippen molar-refractivity contribution in [3.05, 3.63) is 59.7 Å². The van der Waals surface area contributed by atoms with Gasteiger partial charge in [-0.1, -0.05) is 24.3 Å². The first-order valence-electron chi connectivity index (χ1n) is 10.6. The molecule has 1 fully saturated rings. The van der Waals surface area contributed by atoms with E-state index in [0.717, 1.165) is 30.6 Å². The summed E-state index contributed by atoms with van der Waals surface area (Å²) < 4.78 is 25.3. The van der Waals surface area contributed by atoms with Crippen LogP contribution in [0.4, 0.5) is 4.39 Å². The minimum atomic E-state index is -1.34. The smallest absolute Gasteiger partial charge is 0.217 e. The lowest BCUT2D eigenvalue weighted by atomic mass is 9.97. The predicted octanol–water partition coefficient (Wildman–Crippen LogP) is 5.73. The molecule has 5 heteroatoms. The Kier molecular flexibility index (Phi) is 7.01. The molecular weight excluding hydrogens is 381 g/mol. The highest BCUT2D eigenvalue weighted by Gasteiger charge is 2.27. The van der Waals surface area contributed by atoms with E-state index in [1.165, 1.54) is 26.3 Å². The highest BCUT2D eigenvalue weighted by molar-refractivity contribution is 5.73. The Morgan fingerprint density at radius 3 is 2.33 bits per heavy atom. The van der Waals surface area contributed by atoms with Gasteiger partial charge in [-0.25, -0.2) is 4.39 Å². The van der Waals surface area contributed by atoms with Crippen molar-refractivity contribution in [2.45, 2.75) is 70.7 Å². The molecule has 2 aromatic rings. The van der Waals surface area contributed by atoms with Crippen LogP contribution in [-0.4, -0.2) is 24.3 Å². The maximum Gasteiger partial charge on any atom is 0.217 e. The van der Waals surface area contributed by atoms with Crippen molar-refractivity contribution in [1.82, 2.24) is 5.32 Å². The van der Waals surface area contributed by atoms with Gasteiger partial charge in [0, 0.05) is 6.92 Å². The van der Waals surface area contributed by atoms with Crippen LogP contribution in [0, 0.1) is 0 Å². The first-order valence-corrected chi connectivity index (χ1v) is 10.6. The quantitative estimate of drug-likeness (QED) is 0.602. The van der Waals surface area contributed by atoms with Crippen molar-refractivity contribution in [2.75, 3.05) is 6.61 Å². The minimum absolute atomic E-state index is 0.0182. The predicted molar refractivity (Wildman–Crippen MR) is 117 cm³/mol. The molecule has 1 aliphatic carbocycles. The number of ether oxygens (including phenoxy) is 2. The summed E-state index contributed by atoms with van der Waals surface area (Å²) in [6.07, 6.45) is 3.27. The Morgan fingerprint density at radius 1 is 1.10 bits per heavy atom. The largest absolute Gasteiger partial charge is 0.490 e. The first-order chi connectivity index (χ1) is 14.2.